The van der Waals surface area contributed by atoms with Crippen LogP contribution < -0.4 is 5.32 Å². The third-order valence-corrected chi connectivity index (χ3v) is 3.01. The largest absolute Gasteiger partial charge is 0.466 e. The number of esters is 1. The summed E-state index contributed by atoms with van der Waals surface area (Å²) >= 11 is 0. The van der Waals surface area contributed by atoms with E-state index >= 15 is 0 Å². The van der Waals surface area contributed by atoms with Crippen LogP contribution in [0.25, 0.3) is 0 Å². The molecular weight excluding hydrogens is 218 g/mol. The zero-order valence-corrected chi connectivity index (χ0v) is 11.0. The highest BCUT2D eigenvalue weighted by atomic mass is 16.5. The Morgan fingerprint density at radius 2 is 2.35 bits per heavy atom. The number of carbonyl (C=O) groups is 1. The lowest BCUT2D eigenvalue weighted by molar-refractivity contribution is -0.143. The number of ether oxygens (including phenoxy) is 2. The Hall–Kier alpha value is -0.610. The fourth-order valence-electron chi connectivity index (χ4n) is 2.07. The Bertz CT molecular complexity index is 215. The summed E-state index contributed by atoms with van der Waals surface area (Å²) < 4.78 is 10.6. The number of rotatable bonds is 7. The standard InChI is InChI=1S/C13H25NO3/c1-3-16-13(15)10-11(2)14-8-7-12-6-4-5-9-17-12/h11-12,14H,3-10H2,1-2H3. The van der Waals surface area contributed by atoms with Gasteiger partial charge in [-0.05, 0) is 46.1 Å². The topological polar surface area (TPSA) is 47.6 Å². The summed E-state index contributed by atoms with van der Waals surface area (Å²) in [5.41, 5.74) is 0. The van der Waals surface area contributed by atoms with Crippen molar-refractivity contribution in [3.63, 3.8) is 0 Å². The van der Waals surface area contributed by atoms with Gasteiger partial charge in [-0.2, -0.15) is 0 Å². The van der Waals surface area contributed by atoms with E-state index in [1.807, 2.05) is 13.8 Å². The van der Waals surface area contributed by atoms with Crippen LogP contribution in [0.1, 0.15) is 46.0 Å². The molecule has 0 aromatic heterocycles. The molecular formula is C13H25NO3. The number of hydrogen-bond acceptors (Lipinski definition) is 4. The number of carbonyl (C=O) groups excluding carboxylic acids is 1. The Morgan fingerprint density at radius 1 is 1.53 bits per heavy atom. The molecule has 1 rings (SSSR count). The van der Waals surface area contributed by atoms with Crippen molar-refractivity contribution in [1.82, 2.24) is 5.32 Å². The number of hydrogen-bond donors (Lipinski definition) is 1. The minimum atomic E-state index is -0.124. The van der Waals surface area contributed by atoms with Gasteiger partial charge in [0.15, 0.2) is 0 Å². The van der Waals surface area contributed by atoms with Gasteiger partial charge in [-0.25, -0.2) is 0 Å². The highest BCUT2D eigenvalue weighted by molar-refractivity contribution is 5.69. The second kappa shape index (κ2) is 8.48. The van der Waals surface area contributed by atoms with Gasteiger partial charge in [0.1, 0.15) is 0 Å². The van der Waals surface area contributed by atoms with E-state index in [-0.39, 0.29) is 12.0 Å². The van der Waals surface area contributed by atoms with Gasteiger partial charge in [0.25, 0.3) is 0 Å². The molecule has 1 aliphatic rings. The molecule has 0 radical (unpaired) electrons. The second-order valence-corrected chi connectivity index (χ2v) is 4.64. The molecule has 2 unspecified atom stereocenters. The van der Waals surface area contributed by atoms with Crippen molar-refractivity contribution in [1.29, 1.82) is 0 Å². The quantitative estimate of drug-likeness (QED) is 0.694. The summed E-state index contributed by atoms with van der Waals surface area (Å²) in [6.07, 6.45) is 5.54. The van der Waals surface area contributed by atoms with Crippen LogP contribution in [0.2, 0.25) is 0 Å². The molecule has 1 saturated heterocycles. The molecule has 1 N–H and O–H groups in total. The molecule has 1 fully saturated rings. The fourth-order valence-corrected chi connectivity index (χ4v) is 2.07. The van der Waals surface area contributed by atoms with Gasteiger partial charge in [-0.15, -0.1) is 0 Å². The predicted octanol–water partition coefficient (Wildman–Crippen LogP) is 1.88. The monoisotopic (exact) mass is 243 g/mol. The van der Waals surface area contributed by atoms with Gasteiger partial charge in [-0.3, -0.25) is 4.79 Å². The van der Waals surface area contributed by atoms with Crippen LogP contribution in [-0.4, -0.2) is 37.9 Å². The van der Waals surface area contributed by atoms with Gasteiger partial charge < -0.3 is 14.8 Å². The summed E-state index contributed by atoms with van der Waals surface area (Å²) in [5.74, 6) is -0.124. The van der Waals surface area contributed by atoms with E-state index in [9.17, 15) is 4.79 Å². The maximum Gasteiger partial charge on any atom is 0.307 e. The molecule has 1 heterocycles. The molecule has 0 amide bonds. The molecule has 0 bridgehead atoms. The van der Waals surface area contributed by atoms with Crippen LogP contribution in [0.3, 0.4) is 0 Å². The van der Waals surface area contributed by atoms with Crippen molar-refractivity contribution in [2.75, 3.05) is 19.8 Å². The maximum absolute atomic E-state index is 11.2. The molecule has 1 aliphatic heterocycles. The van der Waals surface area contributed by atoms with Gasteiger partial charge in [-0.1, -0.05) is 0 Å². The molecule has 0 saturated carbocycles. The van der Waals surface area contributed by atoms with Crippen molar-refractivity contribution in [2.45, 2.75) is 58.1 Å². The van der Waals surface area contributed by atoms with Gasteiger partial charge in [0.05, 0.1) is 19.1 Å². The first-order chi connectivity index (χ1) is 8.22. The minimum absolute atomic E-state index is 0.124. The van der Waals surface area contributed by atoms with Crippen LogP contribution in [-0.2, 0) is 14.3 Å². The first-order valence-corrected chi connectivity index (χ1v) is 6.73. The fraction of sp³-hybridized carbons (Fsp3) is 0.923. The van der Waals surface area contributed by atoms with E-state index < -0.39 is 0 Å². The Morgan fingerprint density at radius 3 is 3.00 bits per heavy atom. The molecule has 4 nitrogen and oxygen atoms in total. The van der Waals surface area contributed by atoms with Crippen LogP contribution in [0.15, 0.2) is 0 Å². The first-order valence-electron chi connectivity index (χ1n) is 6.73. The molecule has 17 heavy (non-hydrogen) atoms. The highest BCUT2D eigenvalue weighted by Crippen LogP contribution is 2.14. The van der Waals surface area contributed by atoms with Gasteiger partial charge in [0.2, 0.25) is 0 Å². The number of nitrogens with one attached hydrogen (secondary N) is 1. The van der Waals surface area contributed by atoms with Crippen LogP contribution in [0, 0.1) is 0 Å². The van der Waals surface area contributed by atoms with Crippen LogP contribution in [0.5, 0.6) is 0 Å². The summed E-state index contributed by atoms with van der Waals surface area (Å²) in [7, 11) is 0. The molecule has 0 aromatic carbocycles. The molecule has 100 valence electrons. The molecule has 0 aromatic rings. The van der Waals surface area contributed by atoms with E-state index in [4.69, 9.17) is 9.47 Å². The maximum atomic E-state index is 11.2. The lowest BCUT2D eigenvalue weighted by Gasteiger charge is -2.23. The smallest absolute Gasteiger partial charge is 0.307 e. The Kier molecular flexibility index (Phi) is 7.21. The zero-order valence-electron chi connectivity index (χ0n) is 11.0. The minimum Gasteiger partial charge on any atom is -0.466 e. The predicted molar refractivity (Wildman–Crippen MR) is 66.9 cm³/mol. The van der Waals surface area contributed by atoms with Crippen LogP contribution in [0.4, 0.5) is 0 Å². The van der Waals surface area contributed by atoms with Crippen molar-refractivity contribution in [2.24, 2.45) is 0 Å². The lowest BCUT2D eigenvalue weighted by Crippen LogP contribution is -2.32. The van der Waals surface area contributed by atoms with Crippen molar-refractivity contribution < 1.29 is 14.3 Å². The summed E-state index contributed by atoms with van der Waals surface area (Å²) in [6, 6.07) is 0.178. The second-order valence-electron chi connectivity index (χ2n) is 4.64. The van der Waals surface area contributed by atoms with Gasteiger partial charge in [0, 0.05) is 12.6 Å². The van der Waals surface area contributed by atoms with E-state index in [0.29, 0.717) is 19.1 Å². The summed E-state index contributed by atoms with van der Waals surface area (Å²) in [4.78, 5) is 11.2. The highest BCUT2D eigenvalue weighted by Gasteiger charge is 2.14. The average Bonchev–Trinajstić information content (AvgIpc) is 2.30. The van der Waals surface area contributed by atoms with E-state index in [1.165, 1.54) is 19.3 Å². The molecule has 0 aliphatic carbocycles. The summed E-state index contributed by atoms with van der Waals surface area (Å²) in [5, 5.41) is 3.34. The third kappa shape index (κ3) is 6.64. The van der Waals surface area contributed by atoms with Crippen molar-refractivity contribution in [3.8, 4) is 0 Å². The van der Waals surface area contributed by atoms with Gasteiger partial charge >= 0.3 is 5.97 Å². The van der Waals surface area contributed by atoms with E-state index in [2.05, 4.69) is 5.32 Å². The Labute approximate surface area is 104 Å². The van der Waals surface area contributed by atoms with Crippen molar-refractivity contribution in [3.05, 3.63) is 0 Å². The Balaban J connectivity index is 2.02. The normalized spacial score (nSPS) is 22.1. The zero-order chi connectivity index (χ0) is 12.5. The lowest BCUT2D eigenvalue weighted by atomic mass is 10.1. The first kappa shape index (κ1) is 14.5. The van der Waals surface area contributed by atoms with E-state index in [0.717, 1.165) is 19.6 Å². The average molecular weight is 243 g/mol. The van der Waals surface area contributed by atoms with E-state index in [1.54, 1.807) is 0 Å². The molecule has 0 spiro atoms. The van der Waals surface area contributed by atoms with Crippen LogP contribution >= 0.6 is 0 Å². The molecule has 4 heteroatoms. The molecule has 2 atom stereocenters. The SMILES string of the molecule is CCOC(=O)CC(C)NCCC1CCCCO1. The third-order valence-electron chi connectivity index (χ3n) is 3.01. The summed E-state index contributed by atoms with van der Waals surface area (Å²) in [6.45, 7) is 6.12. The van der Waals surface area contributed by atoms with Crippen molar-refractivity contribution >= 4 is 5.97 Å².